The molecule has 0 unspecified atom stereocenters. The van der Waals surface area contributed by atoms with E-state index >= 15 is 0 Å². The van der Waals surface area contributed by atoms with Gasteiger partial charge in [-0.25, -0.2) is 4.79 Å². The number of H-pyrrole nitrogens is 1. The lowest BCUT2D eigenvalue weighted by atomic mass is 9.81. The second-order valence-corrected chi connectivity index (χ2v) is 6.14. The fourth-order valence-corrected chi connectivity index (χ4v) is 3.32. The molecule has 4 nitrogen and oxygen atoms in total. The van der Waals surface area contributed by atoms with Gasteiger partial charge in [0.1, 0.15) is 5.69 Å². The lowest BCUT2D eigenvalue weighted by molar-refractivity contribution is 0.0519. The molecule has 4 heteroatoms. The van der Waals surface area contributed by atoms with Crippen LogP contribution in [-0.4, -0.2) is 23.3 Å². The molecular weight excluding hydrogens is 290 g/mol. The number of aromatic amines is 1. The Morgan fingerprint density at radius 2 is 1.91 bits per heavy atom. The van der Waals surface area contributed by atoms with Crippen molar-refractivity contribution in [3.8, 4) is 0 Å². The molecule has 1 N–H and O–H groups in total. The van der Waals surface area contributed by atoms with E-state index in [9.17, 15) is 9.59 Å². The third-order valence-electron chi connectivity index (χ3n) is 4.52. The van der Waals surface area contributed by atoms with E-state index in [4.69, 9.17) is 4.74 Å². The van der Waals surface area contributed by atoms with Crippen LogP contribution in [0.4, 0.5) is 0 Å². The van der Waals surface area contributed by atoms with Gasteiger partial charge in [-0.3, -0.25) is 4.79 Å². The normalized spacial score (nSPS) is 17.0. The summed E-state index contributed by atoms with van der Waals surface area (Å²) in [4.78, 5) is 27.7. The van der Waals surface area contributed by atoms with Gasteiger partial charge in [0, 0.05) is 17.7 Å². The summed E-state index contributed by atoms with van der Waals surface area (Å²) in [5.41, 5.74) is 5.03. The third-order valence-corrected chi connectivity index (χ3v) is 4.52. The smallest absolute Gasteiger partial charge is 0.355 e. The highest BCUT2D eigenvalue weighted by atomic mass is 16.5. The fraction of sp³-hybridized carbons (Fsp3) is 0.368. The number of nitrogens with one attached hydrogen (secondary N) is 1. The van der Waals surface area contributed by atoms with Gasteiger partial charge in [0.15, 0.2) is 5.78 Å². The van der Waals surface area contributed by atoms with Crippen LogP contribution in [0.5, 0.6) is 0 Å². The second kappa shape index (κ2) is 6.03. The number of benzene rings is 1. The third kappa shape index (κ3) is 2.81. The van der Waals surface area contributed by atoms with Crippen molar-refractivity contribution in [1.29, 1.82) is 0 Å². The minimum atomic E-state index is -0.390. The molecule has 1 atom stereocenters. The Bertz CT molecular complexity index is 756. The summed E-state index contributed by atoms with van der Waals surface area (Å²) >= 11 is 0. The number of hydrogen-bond acceptors (Lipinski definition) is 3. The molecule has 0 fully saturated rings. The summed E-state index contributed by atoms with van der Waals surface area (Å²) in [6.07, 6.45) is 1.22. The highest BCUT2D eigenvalue weighted by molar-refractivity contribution is 6.03. The maximum absolute atomic E-state index is 12.6. The van der Waals surface area contributed by atoms with Crippen molar-refractivity contribution in [3.05, 3.63) is 57.9 Å². The topological polar surface area (TPSA) is 59.2 Å². The fourth-order valence-electron chi connectivity index (χ4n) is 3.32. The number of esters is 1. The van der Waals surface area contributed by atoms with E-state index in [1.807, 2.05) is 13.8 Å². The Kier molecular flexibility index (Phi) is 4.07. The molecular formula is C19H21NO3. The maximum atomic E-state index is 12.6. The quantitative estimate of drug-likeness (QED) is 0.879. The minimum Gasteiger partial charge on any atom is -0.461 e. The first-order chi connectivity index (χ1) is 11.0. The first-order valence-corrected chi connectivity index (χ1v) is 7.99. The van der Waals surface area contributed by atoms with Gasteiger partial charge in [0.05, 0.1) is 6.61 Å². The zero-order valence-electron chi connectivity index (χ0n) is 13.7. The molecule has 1 heterocycles. The lowest BCUT2D eigenvalue weighted by Gasteiger charge is -2.22. The summed E-state index contributed by atoms with van der Waals surface area (Å²) in [7, 11) is 0. The monoisotopic (exact) mass is 311 g/mol. The van der Waals surface area contributed by atoms with Gasteiger partial charge in [-0.2, -0.15) is 0 Å². The summed E-state index contributed by atoms with van der Waals surface area (Å²) in [5.74, 6) is -0.135. The highest BCUT2D eigenvalue weighted by Crippen LogP contribution is 2.35. The molecule has 0 aliphatic heterocycles. The number of aryl methyl sites for hydroxylation is 1. The van der Waals surface area contributed by atoms with Gasteiger partial charge in [0.25, 0.3) is 0 Å². The van der Waals surface area contributed by atoms with Gasteiger partial charge in [-0.15, -0.1) is 0 Å². The van der Waals surface area contributed by atoms with Crippen LogP contribution in [0.3, 0.4) is 0 Å². The van der Waals surface area contributed by atoms with Crippen molar-refractivity contribution >= 4 is 11.8 Å². The van der Waals surface area contributed by atoms with Gasteiger partial charge < -0.3 is 9.72 Å². The molecule has 23 heavy (non-hydrogen) atoms. The minimum absolute atomic E-state index is 0.0983. The number of aromatic nitrogens is 1. The molecule has 0 radical (unpaired) electrons. The predicted octanol–water partition coefficient (Wildman–Crippen LogP) is 3.72. The van der Waals surface area contributed by atoms with Gasteiger partial charge >= 0.3 is 5.97 Å². The van der Waals surface area contributed by atoms with Crippen LogP contribution in [0.1, 0.15) is 62.5 Å². The van der Waals surface area contributed by atoms with E-state index in [-0.39, 0.29) is 17.7 Å². The summed E-state index contributed by atoms with van der Waals surface area (Å²) in [6.45, 7) is 5.95. The second-order valence-electron chi connectivity index (χ2n) is 6.14. The molecule has 1 aromatic carbocycles. The van der Waals surface area contributed by atoms with Crippen molar-refractivity contribution < 1.29 is 14.3 Å². The zero-order chi connectivity index (χ0) is 16.6. The SMILES string of the molecule is CCOC(=O)c1[nH]c2c(c1C)C(=O)C[C@H](c1ccc(C)cc1)C2. The number of Topliss-reactive ketones (excluding diaryl/α,β-unsaturated/α-hetero) is 1. The number of carbonyl (C=O) groups excluding carboxylic acids is 2. The Morgan fingerprint density at radius 3 is 2.57 bits per heavy atom. The van der Waals surface area contributed by atoms with Gasteiger partial charge in [-0.05, 0) is 44.2 Å². The van der Waals surface area contributed by atoms with E-state index in [1.54, 1.807) is 6.92 Å². The van der Waals surface area contributed by atoms with Crippen LogP contribution < -0.4 is 0 Å². The van der Waals surface area contributed by atoms with Crippen LogP contribution in [0.25, 0.3) is 0 Å². The van der Waals surface area contributed by atoms with Crippen molar-refractivity contribution in [1.82, 2.24) is 4.98 Å². The number of ether oxygens (including phenoxy) is 1. The van der Waals surface area contributed by atoms with E-state index in [0.717, 1.165) is 12.1 Å². The van der Waals surface area contributed by atoms with E-state index < -0.39 is 0 Å². The average molecular weight is 311 g/mol. The molecule has 1 aliphatic carbocycles. The van der Waals surface area contributed by atoms with Crippen LogP contribution in [0.2, 0.25) is 0 Å². The van der Waals surface area contributed by atoms with E-state index in [0.29, 0.717) is 29.8 Å². The molecule has 0 amide bonds. The Morgan fingerprint density at radius 1 is 1.22 bits per heavy atom. The highest BCUT2D eigenvalue weighted by Gasteiger charge is 2.32. The molecule has 3 rings (SSSR count). The Labute approximate surface area is 135 Å². The van der Waals surface area contributed by atoms with Gasteiger partial charge in [0.2, 0.25) is 0 Å². The van der Waals surface area contributed by atoms with Crippen LogP contribution in [0.15, 0.2) is 24.3 Å². The zero-order valence-corrected chi connectivity index (χ0v) is 13.7. The van der Waals surface area contributed by atoms with Crippen LogP contribution >= 0.6 is 0 Å². The standard InChI is InChI=1S/C19H21NO3/c1-4-23-19(22)18-12(3)17-15(20-18)9-14(10-16(17)21)13-7-5-11(2)6-8-13/h5-8,14,20H,4,9-10H2,1-3H3/t14-/m1/s1. The summed E-state index contributed by atoms with van der Waals surface area (Å²) < 4.78 is 5.06. The van der Waals surface area contributed by atoms with E-state index in [2.05, 4.69) is 29.2 Å². The summed E-state index contributed by atoms with van der Waals surface area (Å²) in [5, 5.41) is 0. The molecule has 2 aromatic rings. The molecule has 0 spiro atoms. The summed E-state index contributed by atoms with van der Waals surface area (Å²) in [6, 6.07) is 8.30. The Balaban J connectivity index is 1.94. The number of ketones is 1. The van der Waals surface area contributed by atoms with E-state index in [1.165, 1.54) is 11.1 Å². The molecule has 1 aromatic heterocycles. The number of carbonyl (C=O) groups is 2. The number of fused-ring (bicyclic) bond motifs is 1. The predicted molar refractivity (Wildman–Crippen MR) is 88.1 cm³/mol. The first-order valence-electron chi connectivity index (χ1n) is 7.99. The molecule has 1 aliphatic rings. The number of hydrogen-bond donors (Lipinski definition) is 1. The van der Waals surface area contributed by atoms with Gasteiger partial charge in [-0.1, -0.05) is 29.8 Å². The molecule has 0 saturated heterocycles. The van der Waals surface area contributed by atoms with Crippen molar-refractivity contribution in [3.63, 3.8) is 0 Å². The number of rotatable bonds is 3. The molecule has 0 saturated carbocycles. The van der Waals surface area contributed by atoms with Crippen LogP contribution in [-0.2, 0) is 11.2 Å². The molecule has 0 bridgehead atoms. The average Bonchev–Trinajstić information content (AvgIpc) is 2.86. The van der Waals surface area contributed by atoms with Crippen molar-refractivity contribution in [2.24, 2.45) is 0 Å². The van der Waals surface area contributed by atoms with Crippen molar-refractivity contribution in [2.45, 2.75) is 39.5 Å². The maximum Gasteiger partial charge on any atom is 0.355 e. The Hall–Kier alpha value is -2.36. The molecule has 120 valence electrons. The largest absolute Gasteiger partial charge is 0.461 e. The first kappa shape index (κ1) is 15.5. The lowest BCUT2D eigenvalue weighted by Crippen LogP contribution is -2.18. The van der Waals surface area contributed by atoms with Crippen LogP contribution in [0, 0.1) is 13.8 Å². The van der Waals surface area contributed by atoms with Crippen molar-refractivity contribution in [2.75, 3.05) is 6.61 Å².